The van der Waals surface area contributed by atoms with Crippen LogP contribution in [0.1, 0.15) is 6.92 Å². The van der Waals surface area contributed by atoms with E-state index in [0.717, 1.165) is 0 Å². The lowest BCUT2D eigenvalue weighted by Crippen LogP contribution is -1.98. The van der Waals surface area contributed by atoms with Gasteiger partial charge in [0.1, 0.15) is 6.54 Å². The maximum absolute atomic E-state index is 9.58. The summed E-state index contributed by atoms with van der Waals surface area (Å²) in [7, 11) is 0. The number of nitrogens with two attached hydrogens (primary N) is 1. The topological polar surface area (TPSA) is 55.4 Å². The standard InChI is InChI=1S/C6H10N2O/c1-2-3-4-6(7)5-8-9/h2-4H,5,7H2,1H3/b3-2-,6-4+. The zero-order valence-corrected chi connectivity index (χ0v) is 5.37. The van der Waals surface area contributed by atoms with Gasteiger partial charge in [0.2, 0.25) is 0 Å². The van der Waals surface area contributed by atoms with Crippen LogP contribution >= 0.6 is 0 Å². The molecule has 9 heavy (non-hydrogen) atoms. The van der Waals surface area contributed by atoms with Gasteiger partial charge in [-0.05, 0) is 13.0 Å². The molecule has 0 rings (SSSR count). The Kier molecular flexibility index (Phi) is 4.40. The second kappa shape index (κ2) is 5.03. The molecule has 0 aliphatic rings. The highest BCUT2D eigenvalue weighted by Crippen LogP contribution is 1.84. The maximum atomic E-state index is 9.58. The van der Waals surface area contributed by atoms with Crippen molar-refractivity contribution < 1.29 is 0 Å². The molecular weight excluding hydrogens is 116 g/mol. The largest absolute Gasteiger partial charge is 0.400 e. The minimum absolute atomic E-state index is 0.0737. The molecule has 0 aromatic heterocycles. The lowest BCUT2D eigenvalue weighted by atomic mass is 10.4. The lowest BCUT2D eigenvalue weighted by Gasteiger charge is -1.86. The van der Waals surface area contributed by atoms with E-state index in [0.29, 0.717) is 5.70 Å². The SMILES string of the molecule is C/C=C\C=C(\N)CN=O. The summed E-state index contributed by atoms with van der Waals surface area (Å²) in [6.07, 6.45) is 5.25. The van der Waals surface area contributed by atoms with E-state index in [-0.39, 0.29) is 6.54 Å². The van der Waals surface area contributed by atoms with Gasteiger partial charge < -0.3 is 5.73 Å². The molecule has 0 fully saturated rings. The summed E-state index contributed by atoms with van der Waals surface area (Å²) < 4.78 is 0. The smallest absolute Gasteiger partial charge is 0.120 e. The summed E-state index contributed by atoms with van der Waals surface area (Å²) in [5.41, 5.74) is 5.78. The Morgan fingerprint density at radius 2 is 2.44 bits per heavy atom. The molecule has 50 valence electrons. The first-order chi connectivity index (χ1) is 4.31. The van der Waals surface area contributed by atoms with Crippen LogP contribution in [0.25, 0.3) is 0 Å². The molecule has 0 radical (unpaired) electrons. The van der Waals surface area contributed by atoms with E-state index in [1.807, 2.05) is 13.0 Å². The molecule has 0 aliphatic heterocycles. The van der Waals surface area contributed by atoms with Gasteiger partial charge >= 0.3 is 0 Å². The minimum Gasteiger partial charge on any atom is -0.400 e. The van der Waals surface area contributed by atoms with Gasteiger partial charge in [-0.2, -0.15) is 4.91 Å². The van der Waals surface area contributed by atoms with Gasteiger partial charge in [0.25, 0.3) is 0 Å². The second-order valence-electron chi connectivity index (χ2n) is 1.55. The number of nitrogens with zero attached hydrogens (tertiary/aromatic N) is 1. The van der Waals surface area contributed by atoms with E-state index in [2.05, 4.69) is 5.18 Å². The fourth-order valence-electron chi connectivity index (χ4n) is 0.347. The summed E-state index contributed by atoms with van der Waals surface area (Å²) in [5, 5.41) is 2.61. The second-order valence-corrected chi connectivity index (χ2v) is 1.55. The van der Waals surface area contributed by atoms with Gasteiger partial charge in [-0.1, -0.05) is 17.3 Å². The highest BCUT2D eigenvalue weighted by Gasteiger charge is 1.82. The maximum Gasteiger partial charge on any atom is 0.120 e. The van der Waals surface area contributed by atoms with E-state index < -0.39 is 0 Å². The van der Waals surface area contributed by atoms with Crippen LogP contribution < -0.4 is 5.73 Å². The number of nitroso groups, excluding NO2 is 1. The number of hydrogen-bond acceptors (Lipinski definition) is 3. The van der Waals surface area contributed by atoms with Crippen LogP contribution in [0.4, 0.5) is 0 Å². The molecule has 0 atom stereocenters. The van der Waals surface area contributed by atoms with E-state index in [1.165, 1.54) is 0 Å². The first-order valence-electron chi connectivity index (χ1n) is 2.67. The highest BCUT2D eigenvalue weighted by molar-refractivity contribution is 5.09. The molecule has 0 aromatic rings. The van der Waals surface area contributed by atoms with Gasteiger partial charge in [-0.25, -0.2) is 0 Å². The number of allylic oxidation sites excluding steroid dienone is 3. The Morgan fingerprint density at radius 1 is 1.78 bits per heavy atom. The summed E-state index contributed by atoms with van der Waals surface area (Å²) in [6.45, 7) is 1.95. The molecule has 0 saturated heterocycles. The van der Waals surface area contributed by atoms with Crippen LogP contribution in [0.3, 0.4) is 0 Å². The molecule has 0 saturated carbocycles. The van der Waals surface area contributed by atoms with Crippen molar-refractivity contribution in [2.45, 2.75) is 6.92 Å². The van der Waals surface area contributed by atoms with Crippen molar-refractivity contribution in [2.75, 3.05) is 6.54 Å². The average molecular weight is 126 g/mol. The van der Waals surface area contributed by atoms with Gasteiger partial charge in [-0.15, -0.1) is 0 Å². The third-order valence-electron chi connectivity index (χ3n) is 0.750. The Balaban J connectivity index is 3.68. The fourth-order valence-corrected chi connectivity index (χ4v) is 0.347. The van der Waals surface area contributed by atoms with Crippen LogP contribution in [-0.2, 0) is 0 Å². The summed E-state index contributed by atoms with van der Waals surface area (Å²) in [5.74, 6) is 0. The molecule has 3 heteroatoms. The Hall–Kier alpha value is -1.12. The van der Waals surface area contributed by atoms with Crippen LogP contribution in [-0.4, -0.2) is 6.54 Å². The van der Waals surface area contributed by atoms with Crippen molar-refractivity contribution in [3.05, 3.63) is 28.8 Å². The van der Waals surface area contributed by atoms with Crippen LogP contribution in [0.5, 0.6) is 0 Å². The predicted octanol–water partition coefficient (Wildman–Crippen LogP) is 1.17. The van der Waals surface area contributed by atoms with Crippen molar-refractivity contribution in [2.24, 2.45) is 10.9 Å². The van der Waals surface area contributed by atoms with E-state index in [4.69, 9.17) is 5.73 Å². The first-order valence-corrected chi connectivity index (χ1v) is 2.67. The Morgan fingerprint density at radius 3 is 2.89 bits per heavy atom. The van der Waals surface area contributed by atoms with Crippen LogP contribution in [0.15, 0.2) is 29.1 Å². The minimum atomic E-state index is 0.0737. The lowest BCUT2D eigenvalue weighted by molar-refractivity contribution is 1.09. The molecule has 0 unspecified atom stereocenters. The number of hydrogen-bond donors (Lipinski definition) is 1. The van der Waals surface area contributed by atoms with Crippen molar-refractivity contribution in [1.29, 1.82) is 0 Å². The fraction of sp³-hybridized carbons (Fsp3) is 0.333. The predicted molar refractivity (Wildman–Crippen MR) is 37.7 cm³/mol. The zero-order valence-electron chi connectivity index (χ0n) is 5.37. The van der Waals surface area contributed by atoms with Gasteiger partial charge in [0.15, 0.2) is 0 Å². The molecule has 2 N–H and O–H groups in total. The molecule has 0 spiro atoms. The van der Waals surface area contributed by atoms with Crippen LogP contribution in [0, 0.1) is 4.91 Å². The molecule has 0 bridgehead atoms. The van der Waals surface area contributed by atoms with Crippen molar-refractivity contribution in [1.82, 2.24) is 0 Å². The van der Waals surface area contributed by atoms with Crippen molar-refractivity contribution in [3.63, 3.8) is 0 Å². The Bertz CT molecular complexity index is 138. The van der Waals surface area contributed by atoms with Gasteiger partial charge in [0.05, 0.1) is 0 Å². The monoisotopic (exact) mass is 126 g/mol. The Labute approximate surface area is 54.2 Å². The van der Waals surface area contributed by atoms with E-state index in [1.54, 1.807) is 12.2 Å². The van der Waals surface area contributed by atoms with Crippen LogP contribution in [0.2, 0.25) is 0 Å². The molecule has 0 amide bonds. The first kappa shape index (κ1) is 7.88. The summed E-state index contributed by atoms with van der Waals surface area (Å²) in [4.78, 5) is 9.58. The summed E-state index contributed by atoms with van der Waals surface area (Å²) in [6, 6.07) is 0. The quantitative estimate of drug-likeness (QED) is 0.456. The average Bonchev–Trinajstić information content (AvgIpc) is 1.85. The third-order valence-corrected chi connectivity index (χ3v) is 0.750. The van der Waals surface area contributed by atoms with Crippen molar-refractivity contribution in [3.8, 4) is 0 Å². The molecular formula is C6H10N2O. The zero-order chi connectivity index (χ0) is 7.11. The summed E-state index contributed by atoms with van der Waals surface area (Å²) >= 11 is 0. The molecule has 0 heterocycles. The third kappa shape index (κ3) is 4.74. The molecule has 3 nitrogen and oxygen atoms in total. The van der Waals surface area contributed by atoms with E-state index in [9.17, 15) is 4.91 Å². The van der Waals surface area contributed by atoms with Gasteiger partial charge in [0, 0.05) is 5.70 Å². The number of rotatable bonds is 3. The normalized spacial score (nSPS) is 12.3. The highest BCUT2D eigenvalue weighted by atomic mass is 16.3. The van der Waals surface area contributed by atoms with Crippen molar-refractivity contribution >= 4 is 0 Å². The molecule has 0 aliphatic carbocycles. The van der Waals surface area contributed by atoms with Gasteiger partial charge in [-0.3, -0.25) is 0 Å². The molecule has 0 aromatic carbocycles. The van der Waals surface area contributed by atoms with E-state index >= 15 is 0 Å².